The smallest absolute Gasteiger partial charge is 0.265 e. The molecule has 1 amide bonds. The molecule has 0 spiro atoms. The Balaban J connectivity index is 2.30. The van der Waals surface area contributed by atoms with Crippen LogP contribution in [0.25, 0.3) is 0 Å². The highest BCUT2D eigenvalue weighted by Gasteiger charge is 2.16. The fourth-order valence-corrected chi connectivity index (χ4v) is 3.34. The molecule has 0 aliphatic heterocycles. The van der Waals surface area contributed by atoms with Crippen molar-refractivity contribution in [3.05, 3.63) is 40.1 Å². The quantitative estimate of drug-likeness (QED) is 0.897. The average Bonchev–Trinajstić information content (AvgIpc) is 2.88. The highest BCUT2D eigenvalue weighted by Crippen LogP contribution is 2.25. The van der Waals surface area contributed by atoms with E-state index in [1.807, 2.05) is 0 Å². The third-order valence-corrected chi connectivity index (χ3v) is 4.84. The largest absolute Gasteiger partial charge is 0.496 e. The van der Waals surface area contributed by atoms with Crippen LogP contribution in [-0.4, -0.2) is 21.4 Å². The first-order valence-electron chi connectivity index (χ1n) is 5.89. The van der Waals surface area contributed by atoms with Gasteiger partial charge in [0.1, 0.15) is 5.75 Å². The second-order valence-electron chi connectivity index (χ2n) is 4.28. The van der Waals surface area contributed by atoms with Crippen molar-refractivity contribution in [3.8, 4) is 5.75 Å². The molecule has 0 unspecified atom stereocenters. The number of benzene rings is 1. The molecule has 6 nitrogen and oxygen atoms in total. The number of ether oxygens (including phenoxy) is 1. The zero-order chi connectivity index (χ0) is 15.6. The molecule has 112 valence electrons. The van der Waals surface area contributed by atoms with Gasteiger partial charge < -0.3 is 10.1 Å². The van der Waals surface area contributed by atoms with Crippen LogP contribution >= 0.6 is 11.3 Å². The van der Waals surface area contributed by atoms with E-state index in [-0.39, 0.29) is 10.8 Å². The number of hydrogen-bond donors (Lipinski definition) is 2. The zero-order valence-corrected chi connectivity index (χ0v) is 13.0. The molecule has 1 heterocycles. The van der Waals surface area contributed by atoms with E-state index >= 15 is 0 Å². The number of hydrogen-bond acceptors (Lipinski definition) is 5. The molecule has 1 aromatic carbocycles. The number of methoxy groups -OCH3 is 1. The molecule has 0 radical (unpaired) electrons. The van der Waals surface area contributed by atoms with Gasteiger partial charge in [0.15, 0.2) is 0 Å². The van der Waals surface area contributed by atoms with Gasteiger partial charge in [0.25, 0.3) is 5.91 Å². The van der Waals surface area contributed by atoms with Crippen molar-refractivity contribution in [2.24, 2.45) is 5.14 Å². The van der Waals surface area contributed by atoms with Crippen molar-refractivity contribution in [1.82, 2.24) is 0 Å². The maximum atomic E-state index is 12.1. The van der Waals surface area contributed by atoms with E-state index in [1.165, 1.54) is 30.6 Å². The van der Waals surface area contributed by atoms with Gasteiger partial charge in [-0.25, -0.2) is 13.6 Å². The Morgan fingerprint density at radius 1 is 1.38 bits per heavy atom. The highest BCUT2D eigenvalue weighted by molar-refractivity contribution is 7.89. The summed E-state index contributed by atoms with van der Waals surface area (Å²) < 4.78 is 27.9. The number of rotatable bonds is 4. The predicted molar refractivity (Wildman–Crippen MR) is 81.4 cm³/mol. The van der Waals surface area contributed by atoms with Crippen LogP contribution in [0.1, 0.15) is 15.2 Å². The number of carbonyl (C=O) groups is 1. The van der Waals surface area contributed by atoms with E-state index in [9.17, 15) is 13.2 Å². The molecule has 3 N–H and O–H groups in total. The number of nitrogens with one attached hydrogen (secondary N) is 1. The summed E-state index contributed by atoms with van der Waals surface area (Å²) >= 11 is 1.24. The van der Waals surface area contributed by atoms with Crippen LogP contribution in [0.5, 0.6) is 5.75 Å². The molecule has 0 saturated heterocycles. The van der Waals surface area contributed by atoms with Gasteiger partial charge in [0.05, 0.1) is 16.9 Å². The summed E-state index contributed by atoms with van der Waals surface area (Å²) in [4.78, 5) is 12.6. The maximum Gasteiger partial charge on any atom is 0.265 e. The van der Waals surface area contributed by atoms with Crippen LogP contribution in [0, 0.1) is 6.92 Å². The molecular formula is C13H14N2O4S2. The predicted octanol–water partition coefficient (Wildman–Crippen LogP) is 1.96. The Hall–Kier alpha value is -1.90. The van der Waals surface area contributed by atoms with Crippen LogP contribution in [0.3, 0.4) is 0 Å². The minimum Gasteiger partial charge on any atom is -0.496 e. The van der Waals surface area contributed by atoms with E-state index in [1.54, 1.807) is 24.4 Å². The highest BCUT2D eigenvalue weighted by atomic mass is 32.2. The number of thiophene rings is 1. The summed E-state index contributed by atoms with van der Waals surface area (Å²) in [6.07, 6.45) is 0. The Morgan fingerprint density at radius 2 is 2.10 bits per heavy atom. The van der Waals surface area contributed by atoms with Gasteiger partial charge in [0, 0.05) is 17.1 Å². The summed E-state index contributed by atoms with van der Waals surface area (Å²) in [6.45, 7) is 1.59. The van der Waals surface area contributed by atoms with Crippen molar-refractivity contribution >= 4 is 33.0 Å². The van der Waals surface area contributed by atoms with Gasteiger partial charge >= 0.3 is 0 Å². The second-order valence-corrected chi connectivity index (χ2v) is 6.72. The standard InChI is InChI=1S/C13H14N2O4S2/c1-8-10(4-3-5-12(8)21(14,17)18)15-13(16)11-6-9(19-2)7-20-11/h3-7H,1-2H3,(H,15,16)(H2,14,17,18). The van der Waals surface area contributed by atoms with E-state index in [0.29, 0.717) is 21.9 Å². The first-order chi connectivity index (χ1) is 9.82. The van der Waals surface area contributed by atoms with Crippen molar-refractivity contribution in [3.63, 3.8) is 0 Å². The zero-order valence-electron chi connectivity index (χ0n) is 11.4. The molecule has 0 saturated carbocycles. The summed E-state index contributed by atoms with van der Waals surface area (Å²) in [5, 5.41) is 9.52. The van der Waals surface area contributed by atoms with E-state index in [0.717, 1.165) is 0 Å². The van der Waals surface area contributed by atoms with E-state index < -0.39 is 10.0 Å². The van der Waals surface area contributed by atoms with Gasteiger partial charge in [-0.05, 0) is 24.6 Å². The van der Waals surface area contributed by atoms with Crippen molar-refractivity contribution in [1.29, 1.82) is 0 Å². The normalized spacial score (nSPS) is 11.2. The number of anilines is 1. The Bertz CT molecular complexity index is 781. The first-order valence-corrected chi connectivity index (χ1v) is 8.32. The minimum atomic E-state index is -3.82. The summed E-state index contributed by atoms with van der Waals surface area (Å²) in [5.74, 6) is 0.262. The first kappa shape index (κ1) is 15.5. The molecule has 0 atom stereocenters. The summed E-state index contributed by atoms with van der Waals surface area (Å²) in [6, 6.07) is 6.15. The van der Waals surface area contributed by atoms with E-state index in [2.05, 4.69) is 5.32 Å². The van der Waals surface area contributed by atoms with Gasteiger partial charge in [-0.3, -0.25) is 4.79 Å². The van der Waals surface area contributed by atoms with Crippen molar-refractivity contribution in [2.45, 2.75) is 11.8 Å². The molecular weight excluding hydrogens is 312 g/mol. The van der Waals surface area contributed by atoms with Crippen LogP contribution < -0.4 is 15.2 Å². The molecule has 2 aromatic rings. The second kappa shape index (κ2) is 5.84. The SMILES string of the molecule is COc1csc(C(=O)Nc2cccc(S(N)(=O)=O)c2C)c1. The van der Waals surface area contributed by atoms with Gasteiger partial charge in [-0.2, -0.15) is 0 Å². The molecule has 21 heavy (non-hydrogen) atoms. The average molecular weight is 326 g/mol. The molecule has 0 aliphatic carbocycles. The van der Waals surface area contributed by atoms with Gasteiger partial charge in [-0.1, -0.05) is 6.07 Å². The molecule has 0 aliphatic rings. The number of amides is 1. The Morgan fingerprint density at radius 3 is 2.67 bits per heavy atom. The van der Waals surface area contributed by atoms with Crippen LogP contribution in [0.2, 0.25) is 0 Å². The number of sulfonamides is 1. The van der Waals surface area contributed by atoms with Gasteiger partial charge in [0.2, 0.25) is 10.0 Å². The van der Waals surface area contributed by atoms with Crippen LogP contribution in [0.4, 0.5) is 5.69 Å². The third-order valence-electron chi connectivity index (χ3n) is 2.87. The lowest BCUT2D eigenvalue weighted by Gasteiger charge is -2.10. The Kier molecular flexibility index (Phi) is 4.31. The maximum absolute atomic E-state index is 12.1. The molecule has 0 fully saturated rings. The third kappa shape index (κ3) is 3.41. The lowest BCUT2D eigenvalue weighted by atomic mass is 10.2. The fraction of sp³-hybridized carbons (Fsp3) is 0.154. The summed E-state index contributed by atoms with van der Waals surface area (Å²) in [7, 11) is -2.31. The van der Waals surface area contributed by atoms with Crippen LogP contribution in [0.15, 0.2) is 34.5 Å². The number of carbonyl (C=O) groups excluding carboxylic acids is 1. The van der Waals surface area contributed by atoms with Crippen molar-refractivity contribution < 1.29 is 17.9 Å². The molecule has 2 rings (SSSR count). The fourth-order valence-electron chi connectivity index (χ4n) is 1.79. The number of primary sulfonamides is 1. The topological polar surface area (TPSA) is 98.5 Å². The number of nitrogens with two attached hydrogens (primary N) is 1. The summed E-state index contributed by atoms with van der Waals surface area (Å²) in [5.41, 5.74) is 0.802. The van der Waals surface area contributed by atoms with Crippen molar-refractivity contribution in [2.75, 3.05) is 12.4 Å². The molecule has 8 heteroatoms. The Labute approximate surface area is 126 Å². The van der Waals surface area contributed by atoms with Gasteiger partial charge in [-0.15, -0.1) is 11.3 Å². The minimum absolute atomic E-state index is 0.0101. The van der Waals surface area contributed by atoms with Crippen LogP contribution in [-0.2, 0) is 10.0 Å². The van der Waals surface area contributed by atoms with E-state index in [4.69, 9.17) is 9.88 Å². The lowest BCUT2D eigenvalue weighted by Crippen LogP contribution is -2.16. The molecule has 1 aromatic heterocycles. The lowest BCUT2D eigenvalue weighted by molar-refractivity contribution is 0.103. The monoisotopic (exact) mass is 326 g/mol. The molecule has 0 bridgehead atoms.